The van der Waals surface area contributed by atoms with Crippen LogP contribution in [0.1, 0.15) is 25.7 Å². The fraction of sp³-hybridized carbons (Fsp3) is 0.526. The highest BCUT2D eigenvalue weighted by atomic mass is 16.5. The van der Waals surface area contributed by atoms with Crippen molar-refractivity contribution in [3.63, 3.8) is 0 Å². The van der Waals surface area contributed by atoms with Crippen molar-refractivity contribution in [1.82, 2.24) is 4.98 Å². The molecular weight excluding hydrogens is 288 g/mol. The number of nitrogens with zero attached hydrogens (tertiary/aromatic N) is 2. The van der Waals surface area contributed by atoms with E-state index in [2.05, 4.69) is 22.0 Å². The van der Waals surface area contributed by atoms with E-state index in [9.17, 15) is 0 Å². The summed E-state index contributed by atoms with van der Waals surface area (Å²) in [5.41, 5.74) is 2.54. The minimum absolute atomic E-state index is 0.338. The average Bonchev–Trinajstić information content (AvgIpc) is 2.94. The number of pyridine rings is 1. The summed E-state index contributed by atoms with van der Waals surface area (Å²) in [5, 5.41) is 1.17. The number of para-hydroxylation sites is 1. The maximum atomic E-state index is 5.96. The molecule has 0 bridgehead atoms. The minimum Gasteiger partial charge on any atom is -0.494 e. The van der Waals surface area contributed by atoms with Crippen LogP contribution in [0.5, 0.6) is 5.75 Å². The SMILES string of the molecule is COc1cccc2c(N3CCOCC4(CCCC4)C3)ccnc12. The summed E-state index contributed by atoms with van der Waals surface area (Å²) in [5.74, 6) is 0.839. The van der Waals surface area contributed by atoms with Crippen molar-refractivity contribution < 1.29 is 9.47 Å². The highest BCUT2D eigenvalue weighted by Crippen LogP contribution is 2.42. The Morgan fingerprint density at radius 2 is 2.09 bits per heavy atom. The van der Waals surface area contributed by atoms with Gasteiger partial charge in [0.05, 0.1) is 20.3 Å². The van der Waals surface area contributed by atoms with E-state index >= 15 is 0 Å². The molecule has 1 spiro atoms. The molecule has 2 aromatic rings. The van der Waals surface area contributed by atoms with Crippen LogP contribution in [-0.2, 0) is 4.74 Å². The number of rotatable bonds is 2. The summed E-state index contributed by atoms with van der Waals surface area (Å²) in [6.45, 7) is 3.74. The number of fused-ring (bicyclic) bond motifs is 1. The van der Waals surface area contributed by atoms with Gasteiger partial charge in [-0.15, -0.1) is 0 Å². The van der Waals surface area contributed by atoms with E-state index in [0.29, 0.717) is 5.41 Å². The normalized spacial score (nSPS) is 20.8. The lowest BCUT2D eigenvalue weighted by Gasteiger charge is -2.33. The predicted octanol–water partition coefficient (Wildman–Crippen LogP) is 3.64. The fourth-order valence-electron chi connectivity index (χ4n) is 4.20. The first-order valence-corrected chi connectivity index (χ1v) is 8.56. The Bertz CT molecular complexity index is 695. The van der Waals surface area contributed by atoms with Gasteiger partial charge >= 0.3 is 0 Å². The van der Waals surface area contributed by atoms with Gasteiger partial charge in [-0.25, -0.2) is 0 Å². The Morgan fingerprint density at radius 3 is 2.91 bits per heavy atom. The molecule has 4 rings (SSSR count). The van der Waals surface area contributed by atoms with E-state index in [1.807, 2.05) is 18.3 Å². The quantitative estimate of drug-likeness (QED) is 0.848. The van der Waals surface area contributed by atoms with Gasteiger partial charge in [-0.1, -0.05) is 25.0 Å². The molecule has 1 aliphatic carbocycles. The molecule has 1 aromatic heterocycles. The second-order valence-electron chi connectivity index (χ2n) is 6.87. The lowest BCUT2D eigenvalue weighted by Crippen LogP contribution is -2.36. The van der Waals surface area contributed by atoms with Crippen LogP contribution in [0, 0.1) is 5.41 Å². The molecule has 1 aromatic carbocycles. The second kappa shape index (κ2) is 6.00. The molecule has 23 heavy (non-hydrogen) atoms. The van der Waals surface area contributed by atoms with Crippen LogP contribution in [0.4, 0.5) is 5.69 Å². The van der Waals surface area contributed by atoms with E-state index in [-0.39, 0.29) is 0 Å². The van der Waals surface area contributed by atoms with Gasteiger partial charge < -0.3 is 14.4 Å². The maximum Gasteiger partial charge on any atom is 0.145 e. The van der Waals surface area contributed by atoms with Crippen LogP contribution >= 0.6 is 0 Å². The van der Waals surface area contributed by atoms with Gasteiger partial charge in [-0.05, 0) is 25.0 Å². The van der Waals surface area contributed by atoms with Crippen LogP contribution in [0.3, 0.4) is 0 Å². The van der Waals surface area contributed by atoms with Crippen LogP contribution in [0.25, 0.3) is 10.9 Å². The average molecular weight is 312 g/mol. The first-order valence-electron chi connectivity index (χ1n) is 8.56. The zero-order valence-electron chi connectivity index (χ0n) is 13.8. The maximum absolute atomic E-state index is 5.96. The molecule has 4 heteroatoms. The van der Waals surface area contributed by atoms with Gasteiger partial charge in [0.2, 0.25) is 0 Å². The smallest absolute Gasteiger partial charge is 0.145 e. The molecule has 0 atom stereocenters. The van der Waals surface area contributed by atoms with Crippen molar-refractivity contribution in [2.75, 3.05) is 38.3 Å². The van der Waals surface area contributed by atoms with Crippen molar-refractivity contribution in [1.29, 1.82) is 0 Å². The monoisotopic (exact) mass is 312 g/mol. The number of ether oxygens (including phenoxy) is 2. The molecule has 122 valence electrons. The predicted molar refractivity (Wildman–Crippen MR) is 92.2 cm³/mol. The Hall–Kier alpha value is -1.81. The third-order valence-corrected chi connectivity index (χ3v) is 5.38. The second-order valence-corrected chi connectivity index (χ2v) is 6.87. The molecule has 2 fully saturated rings. The van der Waals surface area contributed by atoms with E-state index in [0.717, 1.165) is 37.6 Å². The molecule has 2 heterocycles. The molecule has 1 saturated carbocycles. The van der Waals surface area contributed by atoms with Crippen molar-refractivity contribution in [2.45, 2.75) is 25.7 Å². The van der Waals surface area contributed by atoms with Gasteiger partial charge in [0.25, 0.3) is 0 Å². The highest BCUT2D eigenvalue weighted by Gasteiger charge is 2.37. The van der Waals surface area contributed by atoms with Crippen molar-refractivity contribution in [2.24, 2.45) is 5.41 Å². The minimum atomic E-state index is 0.338. The van der Waals surface area contributed by atoms with Crippen LogP contribution in [0.2, 0.25) is 0 Å². The summed E-state index contributed by atoms with van der Waals surface area (Å²) in [7, 11) is 1.70. The number of benzene rings is 1. The Balaban J connectivity index is 1.75. The van der Waals surface area contributed by atoms with Crippen LogP contribution < -0.4 is 9.64 Å². The molecule has 0 N–H and O–H groups in total. The van der Waals surface area contributed by atoms with Crippen molar-refractivity contribution >= 4 is 16.6 Å². The van der Waals surface area contributed by atoms with E-state index < -0.39 is 0 Å². The van der Waals surface area contributed by atoms with Crippen LogP contribution in [-0.4, -0.2) is 38.4 Å². The zero-order chi connectivity index (χ0) is 15.7. The topological polar surface area (TPSA) is 34.6 Å². The van der Waals surface area contributed by atoms with Gasteiger partial charge in [-0.2, -0.15) is 0 Å². The highest BCUT2D eigenvalue weighted by molar-refractivity contribution is 5.95. The third kappa shape index (κ3) is 2.65. The van der Waals surface area contributed by atoms with Crippen LogP contribution in [0.15, 0.2) is 30.5 Å². The summed E-state index contributed by atoms with van der Waals surface area (Å²) in [4.78, 5) is 7.04. The standard InChI is InChI=1S/C19H24N2O2/c1-22-17-6-4-5-15-16(7-10-20-18(15)17)21-11-12-23-14-19(13-21)8-2-3-9-19/h4-7,10H,2-3,8-9,11-14H2,1H3. The number of anilines is 1. The Kier molecular flexibility index (Phi) is 3.85. The summed E-state index contributed by atoms with van der Waals surface area (Å²) in [6, 6.07) is 8.30. The van der Waals surface area contributed by atoms with E-state index in [1.165, 1.54) is 36.8 Å². The number of aromatic nitrogens is 1. The summed E-state index contributed by atoms with van der Waals surface area (Å²) >= 11 is 0. The largest absolute Gasteiger partial charge is 0.494 e. The molecule has 1 saturated heterocycles. The van der Waals surface area contributed by atoms with Gasteiger partial charge in [0.1, 0.15) is 11.3 Å². The third-order valence-electron chi connectivity index (χ3n) is 5.38. The van der Waals surface area contributed by atoms with Crippen molar-refractivity contribution in [3.05, 3.63) is 30.5 Å². The lowest BCUT2D eigenvalue weighted by molar-refractivity contribution is 0.0733. The first kappa shape index (κ1) is 14.8. The Labute approximate surface area is 137 Å². The molecule has 2 aliphatic rings. The fourth-order valence-corrected chi connectivity index (χ4v) is 4.20. The molecule has 0 amide bonds. The summed E-state index contributed by atoms with van der Waals surface area (Å²) in [6.07, 6.45) is 7.14. The first-order chi connectivity index (χ1) is 11.3. The lowest BCUT2D eigenvalue weighted by atomic mass is 9.86. The molecular formula is C19H24N2O2. The molecule has 0 radical (unpaired) electrons. The van der Waals surface area contributed by atoms with Gasteiger partial charge in [0.15, 0.2) is 0 Å². The zero-order valence-corrected chi connectivity index (χ0v) is 13.8. The van der Waals surface area contributed by atoms with E-state index in [4.69, 9.17) is 9.47 Å². The molecule has 4 nitrogen and oxygen atoms in total. The molecule has 0 unspecified atom stereocenters. The summed E-state index contributed by atoms with van der Waals surface area (Å²) < 4.78 is 11.4. The van der Waals surface area contributed by atoms with Gasteiger partial charge in [-0.3, -0.25) is 4.98 Å². The van der Waals surface area contributed by atoms with Crippen molar-refractivity contribution in [3.8, 4) is 5.75 Å². The molecule has 1 aliphatic heterocycles. The van der Waals surface area contributed by atoms with E-state index in [1.54, 1.807) is 7.11 Å². The number of hydrogen-bond donors (Lipinski definition) is 0. The number of hydrogen-bond acceptors (Lipinski definition) is 4. The Morgan fingerprint density at radius 1 is 1.22 bits per heavy atom. The van der Waals surface area contributed by atoms with Gasteiger partial charge in [0, 0.05) is 35.8 Å². The number of methoxy groups -OCH3 is 1.